The van der Waals surface area contributed by atoms with Crippen LogP contribution in [0.1, 0.15) is 56.0 Å². The Morgan fingerprint density at radius 2 is 1.76 bits per heavy atom. The Balaban J connectivity index is 1.57. The Morgan fingerprint density at radius 1 is 1.04 bits per heavy atom. The molecular formula is C37H48Cl2N4O6. The van der Waals surface area contributed by atoms with Crippen molar-refractivity contribution in [2.24, 2.45) is 5.92 Å². The number of likely N-dealkylation sites (N-methyl/N-ethyl adjacent to an activating group) is 1. The minimum absolute atomic E-state index is 0.0861. The van der Waals surface area contributed by atoms with Crippen molar-refractivity contribution < 1.29 is 28.9 Å². The van der Waals surface area contributed by atoms with E-state index in [1.807, 2.05) is 33.0 Å². The summed E-state index contributed by atoms with van der Waals surface area (Å²) in [4.78, 5) is 31.1. The molecule has 3 amide bonds. The first-order valence-electron chi connectivity index (χ1n) is 16.7. The number of rotatable bonds is 9. The maximum absolute atomic E-state index is 14.4. The molecule has 0 bridgehead atoms. The number of hydrogen-bond donors (Lipinski definition) is 3. The first kappa shape index (κ1) is 38.3. The maximum atomic E-state index is 14.4. The van der Waals surface area contributed by atoms with Crippen LogP contribution in [-0.4, -0.2) is 85.6 Å². The average Bonchev–Trinajstić information content (AvgIpc) is 3.08. The number of amides is 3. The molecule has 0 radical (unpaired) electrons. The number of urea groups is 1. The first-order valence-corrected chi connectivity index (χ1v) is 17.4. The molecule has 12 heteroatoms. The molecule has 4 atom stereocenters. The number of methoxy groups -OCH3 is 1. The zero-order valence-corrected chi connectivity index (χ0v) is 30.4. The van der Waals surface area contributed by atoms with Crippen molar-refractivity contribution in [1.29, 1.82) is 0 Å². The molecule has 0 fully saturated rings. The predicted molar refractivity (Wildman–Crippen MR) is 195 cm³/mol. The number of nitrogens with one attached hydrogen (secondary N) is 2. The summed E-state index contributed by atoms with van der Waals surface area (Å²) in [6.07, 6.45) is 2.17. The Morgan fingerprint density at radius 3 is 2.45 bits per heavy atom. The minimum atomic E-state index is -0.488. The van der Waals surface area contributed by atoms with Crippen molar-refractivity contribution in [3.8, 4) is 11.5 Å². The molecule has 266 valence electrons. The van der Waals surface area contributed by atoms with Crippen LogP contribution in [0.25, 0.3) is 0 Å². The van der Waals surface area contributed by atoms with Gasteiger partial charge in [-0.1, -0.05) is 36.2 Å². The molecule has 0 saturated carbocycles. The van der Waals surface area contributed by atoms with Crippen molar-refractivity contribution in [2.75, 3.05) is 51.1 Å². The second kappa shape index (κ2) is 18.5. The van der Waals surface area contributed by atoms with E-state index in [9.17, 15) is 14.7 Å². The average molecular weight is 716 g/mol. The third kappa shape index (κ3) is 11.2. The van der Waals surface area contributed by atoms with E-state index in [-0.39, 0.29) is 30.6 Å². The summed E-state index contributed by atoms with van der Waals surface area (Å²) in [5, 5.41) is 16.9. The van der Waals surface area contributed by atoms with Crippen molar-refractivity contribution in [3.05, 3.63) is 81.8 Å². The lowest BCUT2D eigenvalue weighted by Crippen LogP contribution is -2.47. The van der Waals surface area contributed by atoms with E-state index in [4.69, 9.17) is 37.4 Å². The highest BCUT2D eigenvalue weighted by molar-refractivity contribution is 6.42. The molecule has 0 spiro atoms. The maximum Gasteiger partial charge on any atom is 0.323 e. The highest BCUT2D eigenvalue weighted by Crippen LogP contribution is 2.29. The van der Waals surface area contributed by atoms with Crippen molar-refractivity contribution in [2.45, 2.75) is 64.8 Å². The van der Waals surface area contributed by atoms with Gasteiger partial charge in [0.05, 0.1) is 47.6 Å². The molecule has 49 heavy (non-hydrogen) atoms. The highest BCUT2D eigenvalue weighted by atomic mass is 35.5. The highest BCUT2D eigenvalue weighted by Gasteiger charge is 2.30. The lowest BCUT2D eigenvalue weighted by molar-refractivity contribution is -0.0177. The van der Waals surface area contributed by atoms with E-state index in [2.05, 4.69) is 22.5 Å². The lowest BCUT2D eigenvalue weighted by Gasteiger charge is -2.36. The third-order valence-corrected chi connectivity index (χ3v) is 9.32. The SMILES string of the molecule is COc1ccc(NC(=O)Nc2ccc3c(c2)C(=O)N([C@@H](C)CO)C[C@@H](C)[C@H](CN(C)Cc2ccc(Cl)c(Cl)c2)OCCCC[C@H](C)O3)cc1. The number of hydrogen-bond acceptors (Lipinski definition) is 7. The third-order valence-electron chi connectivity index (χ3n) is 8.59. The number of aliphatic hydroxyl groups excluding tert-OH is 1. The summed E-state index contributed by atoms with van der Waals surface area (Å²) in [6, 6.07) is 16.7. The molecule has 10 nitrogen and oxygen atoms in total. The van der Waals surface area contributed by atoms with E-state index in [1.54, 1.807) is 60.5 Å². The Labute approximate surface area is 299 Å². The molecular weight excluding hydrogens is 667 g/mol. The van der Waals surface area contributed by atoms with Gasteiger partial charge in [0.1, 0.15) is 11.5 Å². The van der Waals surface area contributed by atoms with Crippen LogP contribution < -0.4 is 20.1 Å². The van der Waals surface area contributed by atoms with E-state index in [0.29, 0.717) is 64.7 Å². The molecule has 1 aliphatic heterocycles. The van der Waals surface area contributed by atoms with Gasteiger partial charge in [0.25, 0.3) is 5.91 Å². The van der Waals surface area contributed by atoms with Crippen molar-refractivity contribution in [1.82, 2.24) is 9.80 Å². The Hall–Kier alpha value is -3.54. The van der Waals surface area contributed by atoms with Gasteiger partial charge >= 0.3 is 6.03 Å². The fourth-order valence-corrected chi connectivity index (χ4v) is 6.07. The summed E-state index contributed by atoms with van der Waals surface area (Å²) in [5.41, 5.74) is 2.34. The van der Waals surface area contributed by atoms with Crippen LogP contribution in [0.4, 0.5) is 16.2 Å². The summed E-state index contributed by atoms with van der Waals surface area (Å²) in [6.45, 7) is 7.80. The topological polar surface area (TPSA) is 113 Å². The number of ether oxygens (including phenoxy) is 3. The molecule has 0 aromatic heterocycles. The van der Waals surface area contributed by atoms with E-state index >= 15 is 0 Å². The largest absolute Gasteiger partial charge is 0.497 e. The van der Waals surface area contributed by atoms with Crippen LogP contribution in [-0.2, 0) is 11.3 Å². The van der Waals surface area contributed by atoms with Crippen molar-refractivity contribution >= 4 is 46.5 Å². The van der Waals surface area contributed by atoms with Crippen LogP contribution in [0.2, 0.25) is 10.0 Å². The van der Waals surface area contributed by atoms with E-state index in [1.165, 1.54) is 0 Å². The summed E-state index contributed by atoms with van der Waals surface area (Å²) in [5.74, 6) is 0.702. The standard InChI is InChI=1S/C37H48Cl2N4O6/c1-24-20-43(25(2)23-44)36(45)31-19-29(41-37(46)40-28-10-13-30(47-5)14-11-28)12-16-34(31)49-26(3)8-6-7-17-48-35(24)22-42(4)21-27-9-15-32(38)33(39)18-27/h9-16,18-19,24-26,35,44H,6-8,17,20-23H2,1-5H3,(H2,40,41,46)/t24-,25+,26+,35+/m1/s1. The first-order chi connectivity index (χ1) is 23.5. The molecule has 3 aromatic rings. The molecule has 3 aromatic carbocycles. The van der Waals surface area contributed by atoms with Crippen molar-refractivity contribution in [3.63, 3.8) is 0 Å². The van der Waals surface area contributed by atoms with Gasteiger partial charge in [0.15, 0.2) is 0 Å². The molecule has 3 N–H and O–H groups in total. The second-order valence-corrected chi connectivity index (χ2v) is 13.6. The second-order valence-electron chi connectivity index (χ2n) is 12.8. The number of carbonyl (C=O) groups excluding carboxylic acids is 2. The number of aliphatic hydroxyl groups is 1. The zero-order valence-electron chi connectivity index (χ0n) is 28.9. The molecule has 4 rings (SSSR count). The van der Waals surface area contributed by atoms with Gasteiger partial charge in [0.2, 0.25) is 0 Å². The molecule has 1 heterocycles. The summed E-state index contributed by atoms with van der Waals surface area (Å²) in [7, 11) is 3.60. The van der Waals surface area contributed by atoms with Crippen LogP contribution in [0.5, 0.6) is 11.5 Å². The molecule has 0 aliphatic carbocycles. The van der Waals surface area contributed by atoms with Crippen LogP contribution in [0, 0.1) is 5.92 Å². The van der Waals surface area contributed by atoms with E-state index in [0.717, 1.165) is 24.8 Å². The monoisotopic (exact) mass is 714 g/mol. The molecule has 1 aliphatic rings. The lowest BCUT2D eigenvalue weighted by atomic mass is 10.0. The van der Waals surface area contributed by atoms with Crippen LogP contribution >= 0.6 is 23.2 Å². The van der Waals surface area contributed by atoms with E-state index < -0.39 is 12.1 Å². The van der Waals surface area contributed by atoms with Gasteiger partial charge in [0, 0.05) is 43.5 Å². The summed E-state index contributed by atoms with van der Waals surface area (Å²) < 4.78 is 18.0. The van der Waals surface area contributed by atoms with Gasteiger partial charge in [-0.3, -0.25) is 9.69 Å². The fourth-order valence-electron chi connectivity index (χ4n) is 5.75. The predicted octanol–water partition coefficient (Wildman–Crippen LogP) is 7.57. The fraction of sp³-hybridized carbons (Fsp3) is 0.459. The van der Waals surface area contributed by atoms with Gasteiger partial charge in [-0.15, -0.1) is 0 Å². The van der Waals surface area contributed by atoms with Gasteiger partial charge in [-0.25, -0.2) is 4.79 Å². The molecule has 0 saturated heterocycles. The number of fused-ring (bicyclic) bond motifs is 1. The van der Waals surface area contributed by atoms with Gasteiger partial charge in [-0.05, 0) is 100 Å². The quantitative estimate of drug-likeness (QED) is 0.210. The smallest absolute Gasteiger partial charge is 0.323 e. The Kier molecular flexibility index (Phi) is 14.4. The summed E-state index contributed by atoms with van der Waals surface area (Å²) >= 11 is 12.4. The zero-order chi connectivity index (χ0) is 35.5. The minimum Gasteiger partial charge on any atom is -0.497 e. The Bertz CT molecular complexity index is 1540. The number of anilines is 2. The van der Waals surface area contributed by atoms with Gasteiger partial charge < -0.3 is 34.9 Å². The normalized spacial score (nSPS) is 19.7. The number of benzene rings is 3. The number of carbonyl (C=O) groups is 2. The molecule has 0 unspecified atom stereocenters. The van der Waals surface area contributed by atoms with Crippen LogP contribution in [0.15, 0.2) is 60.7 Å². The van der Waals surface area contributed by atoms with Crippen LogP contribution in [0.3, 0.4) is 0 Å². The van der Waals surface area contributed by atoms with Gasteiger partial charge in [-0.2, -0.15) is 0 Å². The number of halogens is 2. The number of nitrogens with zero attached hydrogens (tertiary/aromatic N) is 2.